The lowest BCUT2D eigenvalue weighted by Gasteiger charge is -2.28. The van der Waals surface area contributed by atoms with Gasteiger partial charge in [-0.15, -0.1) is 0 Å². The molecule has 234 valence electrons. The fourth-order valence-corrected chi connectivity index (χ4v) is 5.70. The standard InChI is InChI=1S/C35H39N5O5/c1-4-26(41)20-36-34(43)21-37-33(42)17-18-40-25(19-24-11-5-10-16-32(24)40)22-38(2)39(3)35(44)45-23-31-29-14-8-6-12-27(29)28-13-7-9-15-30(28)31/h5-16,19,31H,4,17-18,20-23H2,1-3H3,(H,36,43)(H,37,42). The van der Waals surface area contributed by atoms with E-state index in [1.54, 1.807) is 19.0 Å². The van der Waals surface area contributed by atoms with Crippen LogP contribution in [0.4, 0.5) is 4.79 Å². The molecule has 45 heavy (non-hydrogen) atoms. The third-order valence-corrected chi connectivity index (χ3v) is 8.29. The van der Waals surface area contributed by atoms with E-state index in [1.807, 2.05) is 61.6 Å². The van der Waals surface area contributed by atoms with Crippen molar-refractivity contribution < 1.29 is 23.9 Å². The molecule has 1 aliphatic carbocycles. The Balaban J connectivity index is 1.19. The van der Waals surface area contributed by atoms with Gasteiger partial charge in [-0.25, -0.2) is 14.8 Å². The summed E-state index contributed by atoms with van der Waals surface area (Å²) in [5.74, 6) is -0.787. The van der Waals surface area contributed by atoms with Crippen molar-refractivity contribution in [3.05, 3.63) is 95.7 Å². The van der Waals surface area contributed by atoms with Crippen molar-refractivity contribution in [1.29, 1.82) is 0 Å². The number of fused-ring (bicyclic) bond motifs is 4. The predicted octanol–water partition coefficient (Wildman–Crippen LogP) is 4.47. The number of nitrogens with one attached hydrogen (secondary N) is 2. The van der Waals surface area contributed by atoms with E-state index in [0.717, 1.165) is 27.7 Å². The fourth-order valence-electron chi connectivity index (χ4n) is 5.70. The molecule has 0 saturated heterocycles. The molecular weight excluding hydrogens is 570 g/mol. The van der Waals surface area contributed by atoms with Crippen molar-refractivity contribution in [3.63, 3.8) is 0 Å². The molecular formula is C35H39N5O5. The quantitative estimate of drug-likeness (QED) is 0.216. The fraction of sp³-hybridized carbons (Fsp3) is 0.314. The van der Waals surface area contributed by atoms with Crippen LogP contribution < -0.4 is 10.6 Å². The second kappa shape index (κ2) is 14.2. The summed E-state index contributed by atoms with van der Waals surface area (Å²) in [6, 6.07) is 26.4. The first-order chi connectivity index (χ1) is 21.8. The van der Waals surface area contributed by atoms with Crippen LogP contribution in [0.25, 0.3) is 22.0 Å². The number of benzene rings is 3. The van der Waals surface area contributed by atoms with Gasteiger partial charge in [0, 0.05) is 50.6 Å². The number of ketones is 1. The van der Waals surface area contributed by atoms with E-state index < -0.39 is 12.0 Å². The van der Waals surface area contributed by atoms with Gasteiger partial charge in [0.15, 0.2) is 5.78 Å². The lowest BCUT2D eigenvalue weighted by Crippen LogP contribution is -2.41. The van der Waals surface area contributed by atoms with E-state index in [-0.39, 0.29) is 43.7 Å². The summed E-state index contributed by atoms with van der Waals surface area (Å²) in [4.78, 5) is 49.2. The molecule has 0 unspecified atom stereocenters. The first-order valence-electron chi connectivity index (χ1n) is 15.2. The van der Waals surface area contributed by atoms with Crippen LogP contribution in [0, 0.1) is 0 Å². The van der Waals surface area contributed by atoms with E-state index >= 15 is 0 Å². The number of carbonyl (C=O) groups excluding carboxylic acids is 4. The van der Waals surface area contributed by atoms with Gasteiger partial charge < -0.3 is 19.9 Å². The zero-order valence-electron chi connectivity index (χ0n) is 25.9. The summed E-state index contributed by atoms with van der Waals surface area (Å²) >= 11 is 0. The highest BCUT2D eigenvalue weighted by Crippen LogP contribution is 2.44. The number of rotatable bonds is 13. The molecule has 0 radical (unpaired) electrons. The molecule has 5 rings (SSSR count). The maximum absolute atomic E-state index is 13.2. The van der Waals surface area contributed by atoms with Gasteiger partial charge in [0.1, 0.15) is 6.61 Å². The molecule has 0 saturated carbocycles. The number of carbonyl (C=O) groups is 4. The first kappa shape index (κ1) is 31.5. The molecule has 0 spiro atoms. The summed E-state index contributed by atoms with van der Waals surface area (Å²) in [6.45, 7) is 2.50. The van der Waals surface area contributed by atoms with Crippen molar-refractivity contribution in [2.45, 2.75) is 38.8 Å². The number of nitrogens with zero attached hydrogens (tertiary/aromatic N) is 3. The van der Waals surface area contributed by atoms with Crippen molar-refractivity contribution in [3.8, 4) is 11.1 Å². The highest BCUT2D eigenvalue weighted by Gasteiger charge is 2.30. The number of aryl methyl sites for hydroxylation is 1. The minimum absolute atomic E-state index is 0.0290. The van der Waals surface area contributed by atoms with E-state index in [1.165, 1.54) is 16.1 Å². The van der Waals surface area contributed by atoms with Crippen molar-refractivity contribution >= 4 is 34.6 Å². The molecule has 0 fully saturated rings. The molecule has 3 amide bonds. The molecule has 10 nitrogen and oxygen atoms in total. The van der Waals surface area contributed by atoms with Crippen molar-refractivity contribution in [2.24, 2.45) is 0 Å². The minimum Gasteiger partial charge on any atom is -0.447 e. The van der Waals surface area contributed by atoms with Crippen molar-refractivity contribution in [1.82, 2.24) is 25.2 Å². The van der Waals surface area contributed by atoms with E-state index in [0.29, 0.717) is 19.5 Å². The number of para-hydroxylation sites is 1. The number of hydrazine groups is 1. The van der Waals surface area contributed by atoms with Gasteiger partial charge in [0.2, 0.25) is 11.8 Å². The van der Waals surface area contributed by atoms with Crippen LogP contribution in [0.15, 0.2) is 78.9 Å². The van der Waals surface area contributed by atoms with Crippen LogP contribution in [-0.4, -0.2) is 72.1 Å². The number of amides is 3. The molecule has 4 aromatic rings. The highest BCUT2D eigenvalue weighted by molar-refractivity contribution is 5.89. The van der Waals surface area contributed by atoms with E-state index in [9.17, 15) is 19.2 Å². The van der Waals surface area contributed by atoms with Gasteiger partial charge in [-0.1, -0.05) is 73.7 Å². The summed E-state index contributed by atoms with van der Waals surface area (Å²) in [5.41, 5.74) is 6.54. The Morgan fingerprint density at radius 3 is 2.13 bits per heavy atom. The van der Waals surface area contributed by atoms with E-state index in [2.05, 4.69) is 39.5 Å². The monoisotopic (exact) mass is 609 g/mol. The third kappa shape index (κ3) is 7.24. The van der Waals surface area contributed by atoms with Crippen LogP contribution in [0.3, 0.4) is 0 Å². The Kier molecular flexibility index (Phi) is 9.94. The van der Waals surface area contributed by atoms with Gasteiger partial charge in [-0.2, -0.15) is 0 Å². The normalized spacial score (nSPS) is 12.1. The molecule has 0 atom stereocenters. The predicted molar refractivity (Wildman–Crippen MR) is 172 cm³/mol. The van der Waals surface area contributed by atoms with Gasteiger partial charge in [-0.3, -0.25) is 14.4 Å². The Morgan fingerprint density at radius 2 is 1.44 bits per heavy atom. The second-order valence-electron chi connectivity index (χ2n) is 11.2. The number of hydrogen-bond donors (Lipinski definition) is 2. The van der Waals surface area contributed by atoms with Gasteiger partial charge in [0.05, 0.1) is 19.6 Å². The molecule has 3 aromatic carbocycles. The number of Topliss-reactive ketones (excluding diaryl/α,β-unsaturated/α-hetero) is 1. The van der Waals surface area contributed by atoms with Crippen LogP contribution in [0.5, 0.6) is 0 Å². The highest BCUT2D eigenvalue weighted by atomic mass is 16.6. The molecule has 2 N–H and O–H groups in total. The van der Waals surface area contributed by atoms with Gasteiger partial charge in [-0.05, 0) is 39.8 Å². The molecule has 10 heteroatoms. The first-order valence-corrected chi connectivity index (χ1v) is 15.2. The van der Waals surface area contributed by atoms with Gasteiger partial charge in [0.25, 0.3) is 0 Å². The molecule has 1 aromatic heterocycles. The smallest absolute Gasteiger partial charge is 0.424 e. The van der Waals surface area contributed by atoms with Crippen LogP contribution in [0.2, 0.25) is 0 Å². The van der Waals surface area contributed by atoms with Crippen LogP contribution >= 0.6 is 0 Å². The van der Waals surface area contributed by atoms with Crippen molar-refractivity contribution in [2.75, 3.05) is 33.8 Å². The minimum atomic E-state index is -0.458. The zero-order valence-corrected chi connectivity index (χ0v) is 25.9. The lowest BCUT2D eigenvalue weighted by molar-refractivity contribution is -0.127. The SMILES string of the molecule is CCC(=O)CNC(=O)CNC(=O)CCn1c(CN(C)N(C)C(=O)OCC2c3ccccc3-c3ccccc32)cc2ccccc21. The zero-order chi connectivity index (χ0) is 31.9. The number of ether oxygens (including phenoxy) is 1. The Hall–Kier alpha value is -4.96. The Bertz CT molecular complexity index is 1670. The summed E-state index contributed by atoms with van der Waals surface area (Å²) in [7, 11) is 3.50. The lowest BCUT2D eigenvalue weighted by atomic mass is 9.98. The molecule has 0 bridgehead atoms. The molecule has 0 aliphatic heterocycles. The largest absolute Gasteiger partial charge is 0.447 e. The van der Waals surface area contributed by atoms with Crippen LogP contribution in [0.1, 0.15) is 42.5 Å². The number of hydrogen-bond acceptors (Lipinski definition) is 6. The topological polar surface area (TPSA) is 113 Å². The number of aromatic nitrogens is 1. The maximum Gasteiger partial charge on any atom is 0.424 e. The Labute approximate surface area is 262 Å². The maximum atomic E-state index is 13.2. The second-order valence-corrected chi connectivity index (χ2v) is 11.2. The molecule has 1 heterocycles. The average molecular weight is 610 g/mol. The summed E-state index contributed by atoms with van der Waals surface area (Å²) in [5, 5.41) is 9.40. The van der Waals surface area contributed by atoms with Gasteiger partial charge >= 0.3 is 6.09 Å². The van der Waals surface area contributed by atoms with Crippen LogP contribution in [-0.2, 0) is 32.2 Å². The Morgan fingerprint density at radius 1 is 0.822 bits per heavy atom. The molecule has 1 aliphatic rings. The summed E-state index contributed by atoms with van der Waals surface area (Å²) in [6.07, 6.45) is 0.0372. The average Bonchev–Trinajstić information content (AvgIpc) is 3.58. The summed E-state index contributed by atoms with van der Waals surface area (Å²) < 4.78 is 7.90. The third-order valence-electron chi connectivity index (χ3n) is 8.29. The van der Waals surface area contributed by atoms with E-state index in [4.69, 9.17) is 4.74 Å².